The minimum atomic E-state index is 0.110. The second-order valence-electron chi connectivity index (χ2n) is 8.22. The molecule has 2 unspecified atom stereocenters. The highest BCUT2D eigenvalue weighted by Gasteiger charge is 2.52. The summed E-state index contributed by atoms with van der Waals surface area (Å²) in [5, 5.41) is 1.87. The molecule has 2 atom stereocenters. The van der Waals surface area contributed by atoms with Gasteiger partial charge in [-0.3, -0.25) is 0 Å². The third-order valence-electron chi connectivity index (χ3n) is 6.20. The highest BCUT2D eigenvalue weighted by molar-refractivity contribution is 8.00. The maximum absolute atomic E-state index is 2.63. The van der Waals surface area contributed by atoms with Gasteiger partial charge in [-0.25, -0.2) is 0 Å². The zero-order valence-corrected chi connectivity index (χ0v) is 17.6. The second-order valence-corrected chi connectivity index (χ2v) is 10.5. The summed E-state index contributed by atoms with van der Waals surface area (Å²) in [5.74, 6) is 0. The SMILES string of the molecule is CC1(C)c2sc3ccccc3c2N(c2ccccc2)C2c3ccccc3SC21. The van der Waals surface area contributed by atoms with Gasteiger partial charge >= 0.3 is 0 Å². The maximum atomic E-state index is 2.63. The summed E-state index contributed by atoms with van der Waals surface area (Å²) in [7, 11) is 0. The minimum Gasteiger partial charge on any atom is -0.331 e. The van der Waals surface area contributed by atoms with Crippen LogP contribution < -0.4 is 4.90 Å². The van der Waals surface area contributed by atoms with E-state index in [1.54, 1.807) is 0 Å². The third-order valence-corrected chi connectivity index (χ3v) is 9.42. The van der Waals surface area contributed by atoms with E-state index in [-0.39, 0.29) is 5.41 Å². The highest BCUT2D eigenvalue weighted by Crippen LogP contribution is 2.64. The van der Waals surface area contributed by atoms with Crippen LogP contribution in [0.1, 0.15) is 30.3 Å². The molecule has 0 fully saturated rings. The van der Waals surface area contributed by atoms with Gasteiger partial charge < -0.3 is 4.90 Å². The van der Waals surface area contributed by atoms with E-state index in [4.69, 9.17) is 0 Å². The Balaban J connectivity index is 1.71. The number of para-hydroxylation sites is 1. The molecule has 4 aromatic rings. The number of rotatable bonds is 1. The van der Waals surface area contributed by atoms with Gasteiger partial charge in [-0.1, -0.05) is 68.4 Å². The van der Waals surface area contributed by atoms with Crippen molar-refractivity contribution in [2.75, 3.05) is 4.90 Å². The van der Waals surface area contributed by atoms with Crippen LogP contribution in [0, 0.1) is 0 Å². The van der Waals surface area contributed by atoms with Crippen LogP contribution in [0.5, 0.6) is 0 Å². The van der Waals surface area contributed by atoms with Crippen LogP contribution in [-0.4, -0.2) is 5.25 Å². The summed E-state index contributed by atoms with van der Waals surface area (Å²) in [6, 6.07) is 29.2. The number of hydrogen-bond donors (Lipinski definition) is 0. The van der Waals surface area contributed by atoms with Crippen LogP contribution in [0.3, 0.4) is 0 Å². The summed E-state index contributed by atoms with van der Waals surface area (Å²) in [4.78, 5) is 5.58. The Kier molecular flexibility index (Phi) is 3.51. The van der Waals surface area contributed by atoms with Crippen molar-refractivity contribution < 1.29 is 0 Å². The molecule has 2 aliphatic rings. The van der Waals surface area contributed by atoms with Crippen molar-refractivity contribution in [1.82, 2.24) is 0 Å². The van der Waals surface area contributed by atoms with E-state index in [1.807, 2.05) is 11.3 Å². The van der Waals surface area contributed by atoms with Gasteiger partial charge in [0.05, 0.1) is 11.7 Å². The van der Waals surface area contributed by atoms with Gasteiger partial charge in [-0.05, 0) is 29.8 Å². The van der Waals surface area contributed by atoms with Crippen LogP contribution in [0.25, 0.3) is 10.1 Å². The molecule has 0 N–H and O–H groups in total. The van der Waals surface area contributed by atoms with Gasteiger partial charge in [-0.15, -0.1) is 23.1 Å². The molecule has 0 amide bonds. The Morgan fingerprint density at radius 2 is 1.54 bits per heavy atom. The zero-order valence-electron chi connectivity index (χ0n) is 15.9. The molecule has 138 valence electrons. The Labute approximate surface area is 174 Å². The Morgan fingerprint density at radius 1 is 0.821 bits per heavy atom. The van der Waals surface area contributed by atoms with Crippen molar-refractivity contribution in [3.8, 4) is 0 Å². The number of hydrogen-bond acceptors (Lipinski definition) is 3. The average Bonchev–Trinajstić information content (AvgIpc) is 3.30. The lowest BCUT2D eigenvalue weighted by Crippen LogP contribution is -2.45. The van der Waals surface area contributed by atoms with Crippen molar-refractivity contribution in [3.63, 3.8) is 0 Å². The molecule has 3 aromatic carbocycles. The molecule has 1 nitrogen and oxygen atoms in total. The van der Waals surface area contributed by atoms with Crippen LogP contribution in [0.4, 0.5) is 11.4 Å². The van der Waals surface area contributed by atoms with E-state index >= 15 is 0 Å². The first-order valence-corrected chi connectivity index (χ1v) is 11.5. The maximum Gasteiger partial charge on any atom is 0.0733 e. The lowest BCUT2D eigenvalue weighted by molar-refractivity contribution is 0.435. The van der Waals surface area contributed by atoms with Gasteiger partial charge in [0.25, 0.3) is 0 Å². The topological polar surface area (TPSA) is 3.24 Å². The van der Waals surface area contributed by atoms with E-state index in [2.05, 4.69) is 109 Å². The molecule has 0 saturated carbocycles. The van der Waals surface area contributed by atoms with Crippen LogP contribution >= 0.6 is 23.1 Å². The van der Waals surface area contributed by atoms with E-state index < -0.39 is 0 Å². The molecular formula is C25H21NS2. The van der Waals surface area contributed by atoms with E-state index in [9.17, 15) is 0 Å². The summed E-state index contributed by atoms with van der Waals surface area (Å²) >= 11 is 4.04. The number of anilines is 2. The van der Waals surface area contributed by atoms with Gasteiger partial charge in [0.1, 0.15) is 0 Å². The molecule has 0 saturated heterocycles. The summed E-state index contributed by atoms with van der Waals surface area (Å²) in [6.45, 7) is 4.89. The van der Waals surface area contributed by atoms with Crippen molar-refractivity contribution in [1.29, 1.82) is 0 Å². The lowest BCUT2D eigenvalue weighted by Gasteiger charge is -2.47. The smallest absolute Gasteiger partial charge is 0.0733 e. The predicted octanol–water partition coefficient (Wildman–Crippen LogP) is 7.55. The normalized spacial score (nSPS) is 22.0. The summed E-state index contributed by atoms with van der Waals surface area (Å²) < 4.78 is 1.39. The fraction of sp³-hybridized carbons (Fsp3) is 0.200. The average molecular weight is 400 g/mol. The number of thioether (sulfide) groups is 1. The van der Waals surface area contributed by atoms with Crippen LogP contribution in [0.2, 0.25) is 0 Å². The predicted molar refractivity (Wildman–Crippen MR) is 122 cm³/mol. The summed E-state index contributed by atoms with van der Waals surface area (Å²) in [6.07, 6.45) is 0. The molecule has 3 heteroatoms. The van der Waals surface area contributed by atoms with Crippen molar-refractivity contribution in [2.45, 2.75) is 35.4 Å². The molecule has 0 bridgehead atoms. The van der Waals surface area contributed by atoms with Gasteiger partial charge in [0.2, 0.25) is 0 Å². The number of nitrogens with zero attached hydrogens (tertiary/aromatic N) is 1. The number of fused-ring (bicyclic) bond motifs is 6. The van der Waals surface area contributed by atoms with Crippen molar-refractivity contribution in [2.24, 2.45) is 0 Å². The molecule has 0 spiro atoms. The highest BCUT2D eigenvalue weighted by atomic mass is 32.2. The van der Waals surface area contributed by atoms with E-state index in [0.29, 0.717) is 11.3 Å². The van der Waals surface area contributed by atoms with E-state index in [1.165, 1.54) is 36.8 Å². The minimum absolute atomic E-state index is 0.110. The zero-order chi connectivity index (χ0) is 18.9. The largest absolute Gasteiger partial charge is 0.331 e. The molecule has 3 heterocycles. The first-order valence-electron chi connectivity index (χ1n) is 9.78. The quantitative estimate of drug-likeness (QED) is 0.325. The summed E-state index contributed by atoms with van der Waals surface area (Å²) in [5.41, 5.74) is 4.28. The van der Waals surface area contributed by atoms with Crippen LogP contribution in [-0.2, 0) is 5.41 Å². The first kappa shape index (κ1) is 16.7. The Morgan fingerprint density at radius 3 is 2.39 bits per heavy atom. The molecule has 28 heavy (non-hydrogen) atoms. The lowest BCUT2D eigenvalue weighted by atomic mass is 9.76. The molecular weight excluding hydrogens is 378 g/mol. The van der Waals surface area contributed by atoms with E-state index in [0.717, 1.165) is 0 Å². The van der Waals surface area contributed by atoms with Crippen molar-refractivity contribution >= 4 is 44.6 Å². The monoisotopic (exact) mass is 399 g/mol. The fourth-order valence-corrected chi connectivity index (χ4v) is 7.84. The van der Waals surface area contributed by atoms with Gasteiger partial charge in [-0.2, -0.15) is 0 Å². The molecule has 0 radical (unpaired) electrons. The second kappa shape index (κ2) is 5.88. The standard InChI is InChI=1S/C25H21NS2/c1-25(2)23-21(17-12-6-8-14-19(17)27-23)26(16-10-4-3-5-11-16)22-18-13-7-9-15-20(18)28-24(22)25/h3-15,21,23H,1-2H3. The van der Waals surface area contributed by atoms with Crippen molar-refractivity contribution in [3.05, 3.63) is 89.3 Å². The Hall–Kier alpha value is -2.23. The molecule has 2 aliphatic heterocycles. The number of benzene rings is 3. The van der Waals surface area contributed by atoms with Gasteiger partial charge in [0, 0.05) is 36.2 Å². The molecule has 0 aliphatic carbocycles. The first-order chi connectivity index (χ1) is 13.7. The number of thiophene rings is 1. The fourth-order valence-electron chi connectivity index (χ4n) is 4.87. The molecule has 6 rings (SSSR count). The molecule has 1 aromatic heterocycles. The third kappa shape index (κ3) is 2.15. The van der Waals surface area contributed by atoms with Gasteiger partial charge in [0.15, 0.2) is 0 Å². The Bertz CT molecular complexity index is 1190. The van der Waals surface area contributed by atoms with Crippen LogP contribution in [0.15, 0.2) is 83.8 Å².